The second-order valence-corrected chi connectivity index (χ2v) is 18.0. The lowest BCUT2D eigenvalue weighted by molar-refractivity contribution is -0.302. The minimum absolute atomic E-state index is 0.131. The summed E-state index contributed by atoms with van der Waals surface area (Å²) in [4.78, 5) is 13.0. The Labute approximate surface area is 357 Å². The predicted molar refractivity (Wildman–Crippen MR) is 240 cm³/mol. The molecular formula is C49H97NO8. The number of nitrogens with one attached hydrogen (secondary N) is 1. The standard InChI is InChI=1S/C49H97NO8/c1-3-5-7-9-11-13-15-17-19-20-21-22-23-24-25-27-29-31-33-35-37-39-45(53)50-42(41-57-49-48(56)47(55)46(54)44(40-51)58-49)43(52)38-36-34-32-30-28-26-18-16-14-12-10-8-6-4-2/h42-44,46-49,51-52,54-56H,3-41H2,1-2H3,(H,50,53)/t42-,43+,44+,46+,47?,48?,49+/m0/s1. The van der Waals surface area contributed by atoms with E-state index in [1.807, 2.05) is 0 Å². The maximum Gasteiger partial charge on any atom is 0.220 e. The molecule has 0 saturated carbocycles. The van der Waals surface area contributed by atoms with Gasteiger partial charge < -0.3 is 40.3 Å². The van der Waals surface area contributed by atoms with E-state index in [0.717, 1.165) is 38.5 Å². The predicted octanol–water partition coefficient (Wildman–Crippen LogP) is 11.1. The lowest BCUT2D eigenvalue weighted by Gasteiger charge is -2.40. The summed E-state index contributed by atoms with van der Waals surface area (Å²) < 4.78 is 11.3. The minimum atomic E-state index is -1.55. The van der Waals surface area contributed by atoms with E-state index in [-0.39, 0.29) is 12.5 Å². The number of carbonyl (C=O) groups excluding carboxylic acids is 1. The van der Waals surface area contributed by atoms with Gasteiger partial charge in [0.25, 0.3) is 0 Å². The number of ether oxygens (including phenoxy) is 2. The normalized spacial score (nSPS) is 20.7. The van der Waals surface area contributed by atoms with Crippen LogP contribution in [0.5, 0.6) is 0 Å². The second-order valence-electron chi connectivity index (χ2n) is 18.0. The molecule has 0 aromatic carbocycles. The first kappa shape index (κ1) is 55.2. The third-order valence-electron chi connectivity index (χ3n) is 12.5. The van der Waals surface area contributed by atoms with Gasteiger partial charge in [-0.05, 0) is 12.8 Å². The zero-order valence-corrected chi connectivity index (χ0v) is 38.1. The first-order valence-corrected chi connectivity index (χ1v) is 25.2. The van der Waals surface area contributed by atoms with Crippen LogP contribution >= 0.6 is 0 Å². The van der Waals surface area contributed by atoms with Crippen LogP contribution < -0.4 is 5.32 Å². The fourth-order valence-corrected chi connectivity index (χ4v) is 8.40. The van der Waals surface area contributed by atoms with Gasteiger partial charge in [0.05, 0.1) is 25.4 Å². The molecule has 0 aromatic heterocycles. The monoisotopic (exact) mass is 828 g/mol. The van der Waals surface area contributed by atoms with Gasteiger partial charge in [-0.1, -0.05) is 232 Å². The molecule has 58 heavy (non-hydrogen) atoms. The van der Waals surface area contributed by atoms with Crippen LogP contribution in [0, 0.1) is 0 Å². The third-order valence-corrected chi connectivity index (χ3v) is 12.5. The van der Waals surface area contributed by atoms with E-state index in [1.54, 1.807) is 0 Å². The van der Waals surface area contributed by atoms with Crippen LogP contribution in [0.2, 0.25) is 0 Å². The van der Waals surface area contributed by atoms with Gasteiger partial charge in [0.1, 0.15) is 24.4 Å². The molecule has 1 amide bonds. The zero-order chi connectivity index (χ0) is 42.3. The molecule has 0 radical (unpaired) electrons. The summed E-state index contributed by atoms with van der Waals surface area (Å²) in [5, 5.41) is 54.4. The van der Waals surface area contributed by atoms with E-state index < -0.39 is 49.5 Å². The lowest BCUT2D eigenvalue weighted by atomic mass is 9.99. The summed E-state index contributed by atoms with van der Waals surface area (Å²) >= 11 is 0. The van der Waals surface area contributed by atoms with E-state index >= 15 is 0 Å². The second kappa shape index (κ2) is 40.3. The molecule has 2 unspecified atom stereocenters. The largest absolute Gasteiger partial charge is 0.394 e. The van der Waals surface area contributed by atoms with Gasteiger partial charge in [-0.25, -0.2) is 0 Å². The Morgan fingerprint density at radius 2 is 0.862 bits per heavy atom. The van der Waals surface area contributed by atoms with E-state index in [4.69, 9.17) is 9.47 Å². The van der Waals surface area contributed by atoms with Crippen LogP contribution in [0.3, 0.4) is 0 Å². The Balaban J connectivity index is 2.24. The molecule has 0 spiro atoms. The van der Waals surface area contributed by atoms with Crippen molar-refractivity contribution in [2.45, 2.75) is 294 Å². The van der Waals surface area contributed by atoms with Crippen molar-refractivity contribution in [1.82, 2.24) is 5.32 Å². The molecule has 1 rings (SSSR count). The van der Waals surface area contributed by atoms with Crippen LogP contribution in [0.4, 0.5) is 0 Å². The Morgan fingerprint density at radius 1 is 0.517 bits per heavy atom. The van der Waals surface area contributed by atoms with Gasteiger partial charge in [0.15, 0.2) is 6.29 Å². The van der Waals surface area contributed by atoms with E-state index in [1.165, 1.54) is 186 Å². The van der Waals surface area contributed by atoms with Crippen molar-refractivity contribution >= 4 is 5.91 Å². The first-order valence-electron chi connectivity index (χ1n) is 25.2. The highest BCUT2D eigenvalue weighted by molar-refractivity contribution is 5.76. The summed E-state index contributed by atoms with van der Waals surface area (Å²) in [5.41, 5.74) is 0. The fraction of sp³-hybridized carbons (Fsp3) is 0.980. The highest BCUT2D eigenvalue weighted by Crippen LogP contribution is 2.23. The van der Waals surface area contributed by atoms with Crippen molar-refractivity contribution in [2.24, 2.45) is 0 Å². The molecule has 7 atom stereocenters. The SMILES string of the molecule is CCCCCCCCCCCCCCCCCCCCCCCC(=O)N[C@@H](CO[C@@H]1O[C@H](CO)[C@@H](O)C(O)C1O)[C@H](O)CCCCCCCCCCCCCCCC. The quantitative estimate of drug-likeness (QED) is 0.0333. The van der Waals surface area contributed by atoms with Crippen LogP contribution in [0.1, 0.15) is 251 Å². The van der Waals surface area contributed by atoms with Crippen molar-refractivity contribution in [2.75, 3.05) is 13.2 Å². The summed E-state index contributed by atoms with van der Waals surface area (Å²) in [7, 11) is 0. The Morgan fingerprint density at radius 3 is 1.22 bits per heavy atom. The van der Waals surface area contributed by atoms with Gasteiger partial charge in [0.2, 0.25) is 5.91 Å². The van der Waals surface area contributed by atoms with E-state index in [2.05, 4.69) is 19.2 Å². The summed E-state index contributed by atoms with van der Waals surface area (Å²) in [6.07, 6.45) is 38.3. The smallest absolute Gasteiger partial charge is 0.220 e. The average Bonchev–Trinajstić information content (AvgIpc) is 3.22. The molecule has 1 fully saturated rings. The van der Waals surface area contributed by atoms with Gasteiger partial charge in [-0.2, -0.15) is 0 Å². The molecule has 6 N–H and O–H groups in total. The van der Waals surface area contributed by atoms with Crippen molar-refractivity contribution in [3.05, 3.63) is 0 Å². The molecule has 1 aliphatic heterocycles. The van der Waals surface area contributed by atoms with Crippen molar-refractivity contribution in [3.8, 4) is 0 Å². The topological polar surface area (TPSA) is 149 Å². The number of hydrogen-bond donors (Lipinski definition) is 6. The number of hydrogen-bond acceptors (Lipinski definition) is 8. The molecule has 0 bridgehead atoms. The van der Waals surface area contributed by atoms with E-state index in [0.29, 0.717) is 12.8 Å². The molecule has 1 saturated heterocycles. The number of amides is 1. The van der Waals surface area contributed by atoms with Crippen molar-refractivity contribution in [3.63, 3.8) is 0 Å². The highest BCUT2D eigenvalue weighted by atomic mass is 16.7. The summed E-state index contributed by atoms with van der Waals surface area (Å²) in [5.74, 6) is -0.139. The highest BCUT2D eigenvalue weighted by Gasteiger charge is 2.44. The zero-order valence-electron chi connectivity index (χ0n) is 38.1. The molecule has 9 nitrogen and oxygen atoms in total. The average molecular weight is 828 g/mol. The Kier molecular flexibility index (Phi) is 38.3. The number of carbonyl (C=O) groups is 1. The first-order chi connectivity index (χ1) is 28.3. The fourth-order valence-electron chi connectivity index (χ4n) is 8.40. The number of unbranched alkanes of at least 4 members (excludes halogenated alkanes) is 33. The van der Waals surface area contributed by atoms with Gasteiger partial charge >= 0.3 is 0 Å². The van der Waals surface area contributed by atoms with Gasteiger partial charge in [0, 0.05) is 6.42 Å². The number of rotatable bonds is 43. The summed E-state index contributed by atoms with van der Waals surface area (Å²) in [6.45, 7) is 3.86. The lowest BCUT2D eigenvalue weighted by Crippen LogP contribution is -2.60. The van der Waals surface area contributed by atoms with Crippen LogP contribution in [-0.2, 0) is 14.3 Å². The molecule has 346 valence electrons. The number of aliphatic hydroxyl groups excluding tert-OH is 5. The molecule has 9 heteroatoms. The van der Waals surface area contributed by atoms with Gasteiger partial charge in [-0.3, -0.25) is 4.79 Å². The Hall–Kier alpha value is -0.810. The molecule has 0 aliphatic carbocycles. The molecule has 1 heterocycles. The minimum Gasteiger partial charge on any atom is -0.394 e. The van der Waals surface area contributed by atoms with E-state index in [9.17, 15) is 30.3 Å². The number of aliphatic hydroxyl groups is 5. The maximum absolute atomic E-state index is 13.0. The van der Waals surface area contributed by atoms with Crippen LogP contribution in [-0.4, -0.2) is 87.5 Å². The molecule has 1 aliphatic rings. The van der Waals surface area contributed by atoms with Crippen LogP contribution in [0.15, 0.2) is 0 Å². The Bertz CT molecular complexity index is 878. The third kappa shape index (κ3) is 30.3. The van der Waals surface area contributed by atoms with Crippen LogP contribution in [0.25, 0.3) is 0 Å². The maximum atomic E-state index is 13.0. The van der Waals surface area contributed by atoms with Gasteiger partial charge in [-0.15, -0.1) is 0 Å². The molecule has 0 aromatic rings. The van der Waals surface area contributed by atoms with Crippen molar-refractivity contribution in [1.29, 1.82) is 0 Å². The summed E-state index contributed by atoms with van der Waals surface area (Å²) in [6, 6.07) is -0.711. The van der Waals surface area contributed by atoms with Crippen molar-refractivity contribution < 1.29 is 39.8 Å². The molecular weight excluding hydrogens is 731 g/mol.